The van der Waals surface area contributed by atoms with E-state index in [9.17, 15) is 5.48 Å². The molecule has 0 amide bonds. The summed E-state index contributed by atoms with van der Waals surface area (Å²) >= 11 is 0. The van der Waals surface area contributed by atoms with Crippen LogP contribution in [0.4, 0.5) is 0 Å². The monoisotopic (exact) mass is 711 g/mol. The van der Waals surface area contributed by atoms with Crippen molar-refractivity contribution in [2.75, 3.05) is 0 Å². The zero-order chi connectivity index (χ0) is 47.6. The Kier molecular flexibility index (Phi) is 4.83. The Bertz CT molecular complexity index is 3900. The average Bonchev–Trinajstić information content (AvgIpc) is 3.74. The first kappa shape index (κ1) is 20.9. The molecular weight excluding hydrogens is 665 g/mol. The Labute approximate surface area is 337 Å². The van der Waals surface area contributed by atoms with Gasteiger partial charge >= 0.3 is 0 Å². The maximum atomic E-state index is 9.72. The molecule has 1 aromatic heterocycles. The van der Waals surface area contributed by atoms with E-state index in [-0.39, 0.29) is 49.4 Å². The Morgan fingerprint density at radius 1 is 0.309 bits per heavy atom. The van der Waals surface area contributed by atoms with Crippen molar-refractivity contribution in [1.82, 2.24) is 0 Å². The van der Waals surface area contributed by atoms with E-state index in [0.717, 1.165) is 44.2 Å². The Hall–Kier alpha value is -7.22. The quantitative estimate of drug-likeness (QED) is 0.162. The molecule has 0 saturated carbocycles. The molecule has 0 unspecified atom stereocenters. The average molecular weight is 712 g/mol. The van der Waals surface area contributed by atoms with Crippen LogP contribution < -0.4 is 0 Å². The third kappa shape index (κ3) is 5.09. The minimum absolute atomic E-state index is 0.00287. The van der Waals surface area contributed by atoms with Crippen molar-refractivity contribution in [3.8, 4) is 55.6 Å². The normalized spacial score (nSPS) is 14.9. The van der Waals surface area contributed by atoms with Gasteiger partial charge in [-0.2, -0.15) is 0 Å². The number of hydrogen-bond donors (Lipinski definition) is 0. The smallest absolute Gasteiger partial charge is 0.135 e. The molecule has 1 nitrogen and oxygen atoms in total. The van der Waals surface area contributed by atoms with Gasteiger partial charge in [0.15, 0.2) is 0 Å². The molecule has 55 heavy (non-hydrogen) atoms. The lowest BCUT2D eigenvalue weighted by molar-refractivity contribution is 0.669. The predicted octanol–water partition coefficient (Wildman–Crippen LogP) is 15.4. The van der Waals surface area contributed by atoms with Crippen molar-refractivity contribution >= 4 is 54.3 Å². The highest BCUT2D eigenvalue weighted by atomic mass is 16.3. The van der Waals surface area contributed by atoms with Gasteiger partial charge in [0, 0.05) is 10.8 Å². The third-order valence-corrected chi connectivity index (χ3v) is 10.4. The van der Waals surface area contributed by atoms with Gasteiger partial charge in [-0.3, -0.25) is 0 Å². The summed E-state index contributed by atoms with van der Waals surface area (Å²) in [7, 11) is 0. The highest BCUT2D eigenvalue weighted by molar-refractivity contribution is 6.25. The maximum absolute atomic E-state index is 9.72. The van der Waals surface area contributed by atoms with Crippen LogP contribution in [0.2, 0.25) is 0 Å². The molecule has 11 aromatic rings. The number of benzene rings is 10. The largest absolute Gasteiger partial charge is 0.456 e. The van der Waals surface area contributed by atoms with Crippen molar-refractivity contribution in [1.29, 1.82) is 0 Å². The molecule has 0 atom stereocenters. The first-order valence-electron chi connectivity index (χ1n) is 24.4. The Balaban J connectivity index is 1.34. The van der Waals surface area contributed by atoms with Crippen molar-refractivity contribution in [2.24, 2.45) is 0 Å². The minimum Gasteiger partial charge on any atom is -0.456 e. The molecule has 0 radical (unpaired) electrons. The fourth-order valence-corrected chi connectivity index (χ4v) is 8.00. The first-order chi connectivity index (χ1) is 32.7. The van der Waals surface area contributed by atoms with Crippen LogP contribution >= 0.6 is 0 Å². The molecule has 11 rings (SSSR count). The van der Waals surface area contributed by atoms with E-state index in [1.165, 1.54) is 0 Å². The molecule has 1 heteroatoms. The fraction of sp³-hybridized carbons (Fsp3) is 0. The first-order valence-corrected chi connectivity index (χ1v) is 17.9. The molecule has 0 spiro atoms. The lowest BCUT2D eigenvalue weighted by Gasteiger charge is -2.22. The molecule has 0 aliphatic rings. The van der Waals surface area contributed by atoms with Gasteiger partial charge in [0.1, 0.15) is 11.2 Å². The minimum atomic E-state index is -0.606. The summed E-state index contributed by atoms with van der Waals surface area (Å²) in [5.41, 5.74) is 5.33. The van der Waals surface area contributed by atoms with Crippen LogP contribution in [-0.4, -0.2) is 0 Å². The number of hydrogen-bond acceptors (Lipinski definition) is 1. The second kappa shape index (κ2) is 12.7. The summed E-state index contributed by atoms with van der Waals surface area (Å²) in [5.74, 6) is 0. The van der Waals surface area contributed by atoms with Crippen LogP contribution in [0.1, 0.15) is 17.8 Å². The molecule has 0 aliphatic heterocycles. The van der Waals surface area contributed by atoms with E-state index in [4.69, 9.17) is 16.8 Å². The molecule has 0 saturated heterocycles. The maximum Gasteiger partial charge on any atom is 0.135 e. The van der Waals surface area contributed by atoms with Crippen LogP contribution in [0.3, 0.4) is 0 Å². The Morgan fingerprint density at radius 2 is 0.909 bits per heavy atom. The van der Waals surface area contributed by atoms with E-state index in [1.807, 2.05) is 78.9 Å². The van der Waals surface area contributed by atoms with Crippen LogP contribution in [0.15, 0.2) is 210 Å². The van der Waals surface area contributed by atoms with Crippen LogP contribution in [0, 0.1) is 0 Å². The Morgan fingerprint density at radius 3 is 1.67 bits per heavy atom. The van der Waals surface area contributed by atoms with Gasteiger partial charge < -0.3 is 4.42 Å². The highest BCUT2D eigenvalue weighted by Crippen LogP contribution is 2.49. The van der Waals surface area contributed by atoms with Crippen LogP contribution in [0.5, 0.6) is 0 Å². The second-order valence-corrected chi connectivity index (χ2v) is 13.4. The zero-order valence-electron chi connectivity index (χ0n) is 42.0. The van der Waals surface area contributed by atoms with Crippen LogP contribution in [0.25, 0.3) is 110 Å². The molecule has 0 bridgehead atoms. The molecular formula is C54H34O. The lowest BCUT2D eigenvalue weighted by atomic mass is 9.81. The van der Waals surface area contributed by atoms with Gasteiger partial charge in [0.25, 0.3) is 0 Å². The summed E-state index contributed by atoms with van der Waals surface area (Å²) in [6, 6.07) is 32.2. The van der Waals surface area contributed by atoms with Gasteiger partial charge in [-0.05, 0) is 112 Å². The second-order valence-electron chi connectivity index (χ2n) is 13.4. The van der Waals surface area contributed by atoms with Crippen molar-refractivity contribution in [3.05, 3.63) is 206 Å². The van der Waals surface area contributed by atoms with Gasteiger partial charge in [-0.15, -0.1) is 0 Å². The number of para-hydroxylation sites is 1. The van der Waals surface area contributed by atoms with E-state index in [2.05, 4.69) is 6.07 Å². The fourth-order valence-electron chi connectivity index (χ4n) is 8.00. The molecule has 10 aromatic carbocycles. The van der Waals surface area contributed by atoms with Crippen molar-refractivity contribution < 1.29 is 22.2 Å². The van der Waals surface area contributed by atoms with E-state index >= 15 is 0 Å². The highest BCUT2D eigenvalue weighted by Gasteiger charge is 2.22. The molecule has 256 valence electrons. The number of rotatable bonds is 5. The van der Waals surface area contributed by atoms with E-state index in [1.54, 1.807) is 42.5 Å². The zero-order valence-corrected chi connectivity index (χ0v) is 29.0. The lowest BCUT2D eigenvalue weighted by Crippen LogP contribution is -1.94. The van der Waals surface area contributed by atoms with Crippen molar-refractivity contribution in [3.63, 3.8) is 0 Å². The molecule has 0 N–H and O–H groups in total. The van der Waals surface area contributed by atoms with Gasteiger partial charge in [-0.1, -0.05) is 182 Å². The van der Waals surface area contributed by atoms with Gasteiger partial charge in [0.2, 0.25) is 0 Å². The topological polar surface area (TPSA) is 13.1 Å². The predicted molar refractivity (Wildman–Crippen MR) is 233 cm³/mol. The summed E-state index contributed by atoms with van der Waals surface area (Å²) in [5, 5.41) is 2.73. The van der Waals surface area contributed by atoms with Gasteiger partial charge in [0.05, 0.1) is 17.8 Å². The standard InChI is InChI=1S/C54H34O/c1-3-15-35(16-4-1)42-31-27-37-19-7-8-20-41(37)53(42)54-46-24-11-9-22-44(46)52(45-23-10-12-25-47(45)54)39-28-30-40(48(34-39)36-17-5-2-6-18-36)38-29-32-51-49(33-38)43-21-13-14-26-50(43)55-51/h1-34H/i1D,3D,4D,9D,10D,11D,12D,15D,16D,22D,23D,24D,25D. The summed E-state index contributed by atoms with van der Waals surface area (Å²) in [6.07, 6.45) is 0. The van der Waals surface area contributed by atoms with Crippen molar-refractivity contribution in [2.45, 2.75) is 0 Å². The summed E-state index contributed by atoms with van der Waals surface area (Å²) in [6.45, 7) is 0. The molecule has 0 fully saturated rings. The van der Waals surface area contributed by atoms with E-state index in [0.29, 0.717) is 16.3 Å². The number of furan rings is 1. The SMILES string of the molecule is [2H]c1c([2H])c([2H])c(-c2ccc3ccccc3c2-c2c3c([2H])c([2H])c([2H])c([2H])c3c(-c3ccc(-c4ccc5oc6ccccc6c5c4)c(-c4ccccc4)c3)c3c([2H])c([2H])c([2H])c([2H])c23)c([2H])c1[2H]. The van der Waals surface area contributed by atoms with E-state index < -0.39 is 78.6 Å². The number of fused-ring (bicyclic) bond motifs is 6. The molecule has 1 heterocycles. The third-order valence-electron chi connectivity index (χ3n) is 10.4. The summed E-state index contributed by atoms with van der Waals surface area (Å²) in [4.78, 5) is 0. The molecule has 0 aliphatic carbocycles. The van der Waals surface area contributed by atoms with Crippen LogP contribution in [-0.2, 0) is 0 Å². The van der Waals surface area contributed by atoms with Gasteiger partial charge in [-0.25, -0.2) is 0 Å². The summed E-state index contributed by atoms with van der Waals surface area (Å²) < 4.78 is 125.